The summed E-state index contributed by atoms with van der Waals surface area (Å²) >= 11 is 6.57. The summed E-state index contributed by atoms with van der Waals surface area (Å²) in [5.74, 6) is 0.866. The van der Waals surface area contributed by atoms with Crippen LogP contribution in [0.1, 0.15) is 30.5 Å². The van der Waals surface area contributed by atoms with E-state index in [1.807, 2.05) is 30.3 Å². The molecule has 25 heavy (non-hydrogen) atoms. The smallest absolute Gasteiger partial charge is 0.119 e. The number of ether oxygens (including phenoxy) is 1. The summed E-state index contributed by atoms with van der Waals surface area (Å²) in [6.07, 6.45) is 4.16. The van der Waals surface area contributed by atoms with Crippen molar-refractivity contribution in [1.29, 1.82) is 0 Å². The molecule has 0 N–H and O–H groups in total. The van der Waals surface area contributed by atoms with Crippen molar-refractivity contribution in [2.45, 2.75) is 13.8 Å². The summed E-state index contributed by atoms with van der Waals surface area (Å²) in [5.41, 5.74) is 4.53. The minimum atomic E-state index is 0.733. The Balaban J connectivity index is 1.94. The minimum Gasteiger partial charge on any atom is -0.497 e. The van der Waals surface area contributed by atoms with E-state index in [9.17, 15) is 0 Å². The number of allylic oxidation sites excluding steroid dienone is 1. The van der Waals surface area contributed by atoms with Gasteiger partial charge in [0.2, 0.25) is 0 Å². The van der Waals surface area contributed by atoms with Crippen molar-refractivity contribution >= 4 is 39.6 Å². The predicted molar refractivity (Wildman–Crippen MR) is 110 cm³/mol. The maximum absolute atomic E-state index is 6.57. The molecule has 0 aliphatic rings. The maximum atomic E-state index is 6.57. The molecule has 0 aliphatic heterocycles. The quantitative estimate of drug-likeness (QED) is 0.461. The van der Waals surface area contributed by atoms with Crippen molar-refractivity contribution in [3.63, 3.8) is 0 Å². The van der Waals surface area contributed by atoms with E-state index in [4.69, 9.17) is 16.3 Å². The lowest BCUT2D eigenvalue weighted by Gasteiger charge is -2.05. The van der Waals surface area contributed by atoms with Crippen LogP contribution in [0.4, 0.5) is 0 Å². The molecule has 1 nitrogen and oxygen atoms in total. The molecule has 0 bridgehead atoms. The number of hydrogen-bond acceptors (Lipinski definition) is 1. The van der Waals surface area contributed by atoms with Crippen LogP contribution in [-0.4, -0.2) is 7.11 Å². The highest BCUT2D eigenvalue weighted by atomic mass is 35.5. The van der Waals surface area contributed by atoms with Gasteiger partial charge in [0.1, 0.15) is 5.75 Å². The van der Waals surface area contributed by atoms with Crippen molar-refractivity contribution < 1.29 is 4.74 Å². The first kappa shape index (κ1) is 17.3. The lowest BCUT2D eigenvalue weighted by molar-refractivity contribution is 0.415. The fraction of sp³-hybridized carbons (Fsp3) is 0.130. The molecular weight excluding hydrogens is 328 g/mol. The van der Waals surface area contributed by atoms with Crippen LogP contribution in [0.2, 0.25) is 0 Å². The predicted octanol–water partition coefficient (Wildman–Crippen LogP) is 7.01. The van der Waals surface area contributed by atoms with E-state index in [1.54, 1.807) is 7.11 Å². The van der Waals surface area contributed by atoms with Crippen LogP contribution in [0.3, 0.4) is 0 Å². The van der Waals surface area contributed by atoms with E-state index in [2.05, 4.69) is 56.3 Å². The highest BCUT2D eigenvalue weighted by Gasteiger charge is 2.02. The third-order valence-corrected chi connectivity index (χ3v) is 4.31. The monoisotopic (exact) mass is 348 g/mol. The van der Waals surface area contributed by atoms with Crippen LogP contribution in [0.25, 0.3) is 28.0 Å². The van der Waals surface area contributed by atoms with E-state index in [0.717, 1.165) is 38.2 Å². The maximum Gasteiger partial charge on any atom is 0.119 e. The number of rotatable bonds is 4. The van der Waals surface area contributed by atoms with Crippen LogP contribution in [0, 0.1) is 0 Å². The summed E-state index contributed by atoms with van der Waals surface area (Å²) in [7, 11) is 1.68. The lowest BCUT2D eigenvalue weighted by Crippen LogP contribution is -1.83. The molecule has 3 aromatic rings. The van der Waals surface area contributed by atoms with Crippen molar-refractivity contribution in [3.05, 3.63) is 82.9 Å². The van der Waals surface area contributed by atoms with E-state index < -0.39 is 0 Å². The van der Waals surface area contributed by atoms with E-state index in [-0.39, 0.29) is 0 Å². The molecule has 0 atom stereocenters. The molecule has 0 heterocycles. The Hall–Kier alpha value is -2.51. The molecule has 0 amide bonds. The van der Waals surface area contributed by atoms with Crippen molar-refractivity contribution in [1.82, 2.24) is 0 Å². The third kappa shape index (κ3) is 4.32. The Morgan fingerprint density at radius 2 is 1.56 bits per heavy atom. The summed E-state index contributed by atoms with van der Waals surface area (Å²) in [5, 5.41) is 3.05. The zero-order chi connectivity index (χ0) is 17.8. The van der Waals surface area contributed by atoms with Crippen LogP contribution < -0.4 is 4.74 Å². The van der Waals surface area contributed by atoms with Crippen LogP contribution in [0.5, 0.6) is 5.75 Å². The second-order valence-corrected chi connectivity index (χ2v) is 6.72. The minimum absolute atomic E-state index is 0.733. The molecule has 0 saturated carbocycles. The van der Waals surface area contributed by atoms with E-state index in [1.165, 1.54) is 5.57 Å². The molecule has 0 fully saturated rings. The summed E-state index contributed by atoms with van der Waals surface area (Å²) in [4.78, 5) is 0. The van der Waals surface area contributed by atoms with Gasteiger partial charge < -0.3 is 4.74 Å². The fourth-order valence-electron chi connectivity index (χ4n) is 2.80. The van der Waals surface area contributed by atoms with Gasteiger partial charge in [0.25, 0.3) is 0 Å². The van der Waals surface area contributed by atoms with Gasteiger partial charge in [-0.15, -0.1) is 0 Å². The Kier molecular flexibility index (Phi) is 5.25. The number of halogens is 1. The summed E-state index contributed by atoms with van der Waals surface area (Å²) in [6, 6.07) is 20.6. The van der Waals surface area contributed by atoms with Gasteiger partial charge in [-0.2, -0.15) is 0 Å². The van der Waals surface area contributed by atoms with Crippen molar-refractivity contribution in [2.75, 3.05) is 7.11 Å². The fourth-order valence-corrected chi connectivity index (χ4v) is 3.04. The SMILES string of the molecule is COc1ccc2cc(/C=C(\Cl)c3cccc(C=C(C)C)c3)ccc2c1. The topological polar surface area (TPSA) is 9.23 Å². The molecule has 3 rings (SSSR count). The van der Waals surface area contributed by atoms with Gasteiger partial charge >= 0.3 is 0 Å². The molecule has 3 aromatic carbocycles. The normalized spacial score (nSPS) is 11.4. The van der Waals surface area contributed by atoms with Crippen LogP contribution >= 0.6 is 11.6 Å². The Morgan fingerprint density at radius 3 is 2.32 bits per heavy atom. The van der Waals surface area contributed by atoms with E-state index in [0.29, 0.717) is 0 Å². The zero-order valence-electron chi connectivity index (χ0n) is 14.7. The molecule has 0 aromatic heterocycles. The Morgan fingerprint density at radius 1 is 0.840 bits per heavy atom. The number of methoxy groups -OCH3 is 1. The standard InChI is InChI=1S/C23H21ClO/c1-16(2)11-17-5-4-6-21(13-17)23(24)14-18-7-8-20-15-22(25-3)10-9-19(20)12-18/h4-15H,1-3H3/b23-14-. The first-order valence-corrected chi connectivity index (χ1v) is 8.63. The second kappa shape index (κ2) is 7.58. The largest absolute Gasteiger partial charge is 0.497 e. The number of benzene rings is 3. The molecule has 0 radical (unpaired) electrons. The van der Waals surface area contributed by atoms with Gasteiger partial charge in [-0.3, -0.25) is 0 Å². The van der Waals surface area contributed by atoms with Crippen molar-refractivity contribution in [3.8, 4) is 5.75 Å². The van der Waals surface area contributed by atoms with Gasteiger partial charge in [-0.1, -0.05) is 59.6 Å². The molecule has 0 aliphatic carbocycles. The van der Waals surface area contributed by atoms with Crippen LogP contribution in [0.15, 0.2) is 66.2 Å². The average molecular weight is 349 g/mol. The first-order chi connectivity index (χ1) is 12.0. The molecule has 126 valence electrons. The summed E-state index contributed by atoms with van der Waals surface area (Å²) < 4.78 is 5.28. The highest BCUT2D eigenvalue weighted by molar-refractivity contribution is 6.51. The average Bonchev–Trinajstić information content (AvgIpc) is 2.61. The highest BCUT2D eigenvalue weighted by Crippen LogP contribution is 2.27. The van der Waals surface area contributed by atoms with E-state index >= 15 is 0 Å². The van der Waals surface area contributed by atoms with Gasteiger partial charge in [-0.05, 0) is 71.7 Å². The number of fused-ring (bicyclic) bond motifs is 1. The molecule has 0 spiro atoms. The van der Waals surface area contributed by atoms with Gasteiger partial charge in [-0.25, -0.2) is 0 Å². The lowest BCUT2D eigenvalue weighted by atomic mass is 10.0. The van der Waals surface area contributed by atoms with Gasteiger partial charge in [0.05, 0.1) is 7.11 Å². The first-order valence-electron chi connectivity index (χ1n) is 8.25. The zero-order valence-corrected chi connectivity index (χ0v) is 15.5. The second-order valence-electron chi connectivity index (χ2n) is 6.31. The molecular formula is C23H21ClO. The van der Waals surface area contributed by atoms with Gasteiger partial charge in [0.15, 0.2) is 0 Å². The van der Waals surface area contributed by atoms with Gasteiger partial charge in [0, 0.05) is 5.03 Å². The van der Waals surface area contributed by atoms with Crippen molar-refractivity contribution in [2.24, 2.45) is 0 Å². The third-order valence-electron chi connectivity index (χ3n) is 3.98. The number of hydrogen-bond donors (Lipinski definition) is 0. The van der Waals surface area contributed by atoms with Crippen LogP contribution in [-0.2, 0) is 0 Å². The molecule has 2 heteroatoms. The molecule has 0 saturated heterocycles. The Labute approximate surface area is 154 Å². The molecule has 0 unspecified atom stereocenters. The Bertz CT molecular complexity index is 963. The summed E-state index contributed by atoms with van der Waals surface area (Å²) in [6.45, 7) is 4.18.